The smallest absolute Gasteiger partial charge is 0.306 e. The molecule has 1 atom stereocenters. The Bertz CT molecular complexity index is 1470. The van der Waals surface area contributed by atoms with E-state index in [1.54, 1.807) is 0 Å². The van der Waals surface area contributed by atoms with Gasteiger partial charge in [-0.3, -0.25) is 14.4 Å². The van der Waals surface area contributed by atoms with E-state index in [0.717, 1.165) is 77.0 Å². The largest absolute Gasteiger partial charge is 0.462 e. The highest BCUT2D eigenvalue weighted by Crippen LogP contribution is 2.18. The molecule has 0 saturated heterocycles. The number of carbonyl (C=O) groups excluding carboxylic acids is 3. The van der Waals surface area contributed by atoms with Gasteiger partial charge in [-0.05, 0) is 89.9 Å². The van der Waals surface area contributed by atoms with Crippen molar-refractivity contribution in [3.63, 3.8) is 0 Å². The van der Waals surface area contributed by atoms with Crippen LogP contribution in [0.5, 0.6) is 0 Å². The number of allylic oxidation sites excluding steroid dienone is 10. The van der Waals surface area contributed by atoms with Crippen molar-refractivity contribution in [2.24, 2.45) is 0 Å². The first-order valence-corrected chi connectivity index (χ1v) is 36.8. The first-order valence-electron chi connectivity index (χ1n) is 36.8. The molecule has 6 heteroatoms. The minimum atomic E-state index is -0.771. The van der Waals surface area contributed by atoms with Crippen LogP contribution in [0.1, 0.15) is 393 Å². The summed E-state index contributed by atoms with van der Waals surface area (Å²) in [4.78, 5) is 38.2. The van der Waals surface area contributed by atoms with Gasteiger partial charge in [0, 0.05) is 19.3 Å². The molecule has 0 amide bonds. The molecule has 6 nitrogen and oxygen atoms in total. The average Bonchev–Trinajstić information content (AvgIpc) is 3.50. The van der Waals surface area contributed by atoms with E-state index in [1.807, 2.05) is 0 Å². The first kappa shape index (κ1) is 80.1. The number of hydrogen-bond acceptors (Lipinski definition) is 6. The van der Waals surface area contributed by atoms with E-state index in [-0.39, 0.29) is 31.1 Å². The Labute approximate surface area is 517 Å². The van der Waals surface area contributed by atoms with Crippen LogP contribution in [0.25, 0.3) is 0 Å². The predicted octanol–water partition coefficient (Wildman–Crippen LogP) is 25.5. The van der Waals surface area contributed by atoms with Crippen LogP contribution in [-0.2, 0) is 28.6 Å². The molecule has 0 spiro atoms. The minimum Gasteiger partial charge on any atom is -0.462 e. The fourth-order valence-corrected chi connectivity index (χ4v) is 11.0. The van der Waals surface area contributed by atoms with E-state index in [9.17, 15) is 14.4 Å². The second-order valence-electron chi connectivity index (χ2n) is 24.9. The highest BCUT2D eigenvalue weighted by Gasteiger charge is 2.19. The molecule has 0 N–H and O–H groups in total. The van der Waals surface area contributed by atoms with Crippen LogP contribution in [0.3, 0.4) is 0 Å². The van der Waals surface area contributed by atoms with Crippen molar-refractivity contribution in [2.75, 3.05) is 13.2 Å². The normalized spacial score (nSPS) is 12.4. The fraction of sp³-hybridized carbons (Fsp3) is 0.831. The summed E-state index contributed by atoms with van der Waals surface area (Å²) in [6.45, 7) is 6.63. The highest BCUT2D eigenvalue weighted by atomic mass is 16.6. The van der Waals surface area contributed by atoms with Gasteiger partial charge < -0.3 is 14.2 Å². The number of unbranched alkanes of at least 4 members (excludes halogenated alkanes) is 47. The van der Waals surface area contributed by atoms with Crippen molar-refractivity contribution in [3.05, 3.63) is 60.8 Å². The third-order valence-corrected chi connectivity index (χ3v) is 16.5. The van der Waals surface area contributed by atoms with Crippen molar-refractivity contribution >= 4 is 17.9 Å². The molecular formula is C77H140O6. The van der Waals surface area contributed by atoms with E-state index in [2.05, 4.69) is 81.5 Å². The van der Waals surface area contributed by atoms with Crippen molar-refractivity contribution in [1.29, 1.82) is 0 Å². The summed E-state index contributed by atoms with van der Waals surface area (Å²) in [7, 11) is 0. The average molecular weight is 1160 g/mol. The van der Waals surface area contributed by atoms with Gasteiger partial charge in [0.25, 0.3) is 0 Å². The van der Waals surface area contributed by atoms with Crippen molar-refractivity contribution < 1.29 is 28.6 Å². The summed E-state index contributed by atoms with van der Waals surface area (Å²) < 4.78 is 16.9. The molecule has 0 aliphatic rings. The Balaban J connectivity index is 4.02. The summed E-state index contributed by atoms with van der Waals surface area (Å²) in [5.74, 6) is -0.853. The quantitative estimate of drug-likeness (QED) is 0.0261. The lowest BCUT2D eigenvalue weighted by Crippen LogP contribution is -2.30. The van der Waals surface area contributed by atoms with E-state index < -0.39 is 6.10 Å². The zero-order valence-electron chi connectivity index (χ0n) is 55.7. The lowest BCUT2D eigenvalue weighted by Gasteiger charge is -2.18. The van der Waals surface area contributed by atoms with Gasteiger partial charge in [-0.2, -0.15) is 0 Å². The van der Waals surface area contributed by atoms with Crippen LogP contribution in [-0.4, -0.2) is 37.2 Å². The van der Waals surface area contributed by atoms with Gasteiger partial charge in [0.2, 0.25) is 0 Å². The Morgan fingerprint density at radius 3 is 0.675 bits per heavy atom. The van der Waals surface area contributed by atoms with Crippen LogP contribution in [0.15, 0.2) is 60.8 Å². The van der Waals surface area contributed by atoms with Gasteiger partial charge in [0.1, 0.15) is 13.2 Å². The topological polar surface area (TPSA) is 78.9 Å². The van der Waals surface area contributed by atoms with Gasteiger partial charge in [-0.25, -0.2) is 0 Å². The molecule has 0 aliphatic carbocycles. The molecular weight excluding hydrogens is 1020 g/mol. The van der Waals surface area contributed by atoms with Crippen LogP contribution in [0.4, 0.5) is 0 Å². The molecule has 83 heavy (non-hydrogen) atoms. The molecule has 0 rings (SSSR count). The Morgan fingerprint density at radius 1 is 0.241 bits per heavy atom. The third-order valence-electron chi connectivity index (χ3n) is 16.5. The van der Waals surface area contributed by atoms with Gasteiger partial charge in [-0.15, -0.1) is 0 Å². The Hall–Kier alpha value is -2.89. The Kier molecular flexibility index (Phi) is 69.1. The summed E-state index contributed by atoms with van der Waals surface area (Å²) in [6.07, 6.45) is 92.9. The summed E-state index contributed by atoms with van der Waals surface area (Å²) in [5.41, 5.74) is 0. The van der Waals surface area contributed by atoms with Gasteiger partial charge in [0.15, 0.2) is 6.10 Å². The monoisotopic (exact) mass is 1160 g/mol. The summed E-state index contributed by atoms with van der Waals surface area (Å²) >= 11 is 0. The number of carbonyl (C=O) groups is 3. The predicted molar refractivity (Wildman–Crippen MR) is 362 cm³/mol. The standard InChI is InChI=1S/C77H140O6/c1-4-7-10-13-16-18-20-22-24-26-28-30-32-34-36-37-38-39-41-42-44-46-48-50-52-54-56-58-61-64-67-70-76(79)82-73-74(72-81-75(78)69-66-63-60-15-12-9-6-3)83-77(80)71-68-65-62-59-57-55-53-51-49-47-45-43-40-35-33-31-29-27-25-23-21-19-17-14-11-8-5-2/h20-23,26-29,32,34,74H,4-19,24-25,30-31,33,35-73H2,1-3H3/b22-20-,23-21-,28-26-,29-27-,34-32-. The first-order chi connectivity index (χ1) is 41.0. The van der Waals surface area contributed by atoms with E-state index in [4.69, 9.17) is 14.2 Å². The molecule has 0 aromatic rings. The molecule has 0 aromatic heterocycles. The fourth-order valence-electron chi connectivity index (χ4n) is 11.0. The molecule has 0 saturated carbocycles. The van der Waals surface area contributed by atoms with Crippen molar-refractivity contribution in [3.8, 4) is 0 Å². The molecule has 0 fully saturated rings. The van der Waals surface area contributed by atoms with Crippen LogP contribution in [0.2, 0.25) is 0 Å². The lowest BCUT2D eigenvalue weighted by atomic mass is 10.0. The van der Waals surface area contributed by atoms with E-state index >= 15 is 0 Å². The van der Waals surface area contributed by atoms with Gasteiger partial charge >= 0.3 is 17.9 Å². The summed E-state index contributed by atoms with van der Waals surface area (Å²) in [5, 5.41) is 0. The van der Waals surface area contributed by atoms with Crippen LogP contribution < -0.4 is 0 Å². The van der Waals surface area contributed by atoms with E-state index in [0.29, 0.717) is 19.3 Å². The SMILES string of the molecule is CCCCCCC/C=C\C/C=C\C/C=C\CCCCCCCCCCCCCCCCCCC(=O)OCC(COC(=O)CCCCCCCCC)OC(=O)CCCCCCCCCCCCCCCCC/C=C\C/C=C\CCCCCCC. The maximum Gasteiger partial charge on any atom is 0.306 e. The molecule has 0 aromatic carbocycles. The second kappa shape index (κ2) is 71.6. The lowest BCUT2D eigenvalue weighted by molar-refractivity contribution is -0.167. The summed E-state index contributed by atoms with van der Waals surface area (Å²) in [6, 6.07) is 0. The number of rotatable bonds is 68. The van der Waals surface area contributed by atoms with Gasteiger partial charge in [0.05, 0.1) is 0 Å². The van der Waals surface area contributed by atoms with Crippen molar-refractivity contribution in [2.45, 2.75) is 399 Å². The molecule has 0 radical (unpaired) electrons. The number of esters is 3. The highest BCUT2D eigenvalue weighted by molar-refractivity contribution is 5.71. The maximum absolute atomic E-state index is 12.9. The molecule has 0 aliphatic heterocycles. The third kappa shape index (κ3) is 69.8. The number of ether oxygens (including phenoxy) is 3. The zero-order chi connectivity index (χ0) is 59.9. The molecule has 0 heterocycles. The molecule has 1 unspecified atom stereocenters. The van der Waals surface area contributed by atoms with Gasteiger partial charge in [-0.1, -0.05) is 345 Å². The number of hydrogen-bond donors (Lipinski definition) is 0. The maximum atomic E-state index is 12.9. The van der Waals surface area contributed by atoms with Crippen LogP contribution >= 0.6 is 0 Å². The Morgan fingerprint density at radius 2 is 0.434 bits per heavy atom. The van der Waals surface area contributed by atoms with Crippen molar-refractivity contribution in [1.82, 2.24) is 0 Å². The minimum absolute atomic E-state index is 0.0693. The molecule has 484 valence electrons. The van der Waals surface area contributed by atoms with E-state index in [1.165, 1.54) is 276 Å². The second-order valence-corrected chi connectivity index (χ2v) is 24.9. The van der Waals surface area contributed by atoms with Crippen LogP contribution in [0, 0.1) is 0 Å². The zero-order valence-corrected chi connectivity index (χ0v) is 55.7. The molecule has 0 bridgehead atoms.